The van der Waals surface area contributed by atoms with E-state index in [1.807, 2.05) is 6.92 Å². The van der Waals surface area contributed by atoms with Crippen LogP contribution in [0.2, 0.25) is 0 Å². The molecule has 0 unspecified atom stereocenters. The van der Waals surface area contributed by atoms with Crippen LogP contribution in [0.4, 0.5) is 35.3 Å². The van der Waals surface area contributed by atoms with Crippen LogP contribution in [0.15, 0.2) is 48.9 Å². The number of urea groups is 1. The van der Waals surface area contributed by atoms with E-state index >= 15 is 0 Å². The minimum absolute atomic E-state index is 0.0387. The first-order chi connectivity index (χ1) is 16.4. The Balaban J connectivity index is 1.70. The van der Waals surface area contributed by atoms with Crippen LogP contribution in [0.3, 0.4) is 0 Å². The van der Waals surface area contributed by atoms with Crippen LogP contribution in [0.25, 0.3) is 0 Å². The predicted molar refractivity (Wildman–Crippen MR) is 121 cm³/mol. The third-order valence-electron chi connectivity index (χ3n) is 5.52. The molecule has 1 aliphatic heterocycles. The lowest BCUT2D eigenvalue weighted by atomic mass is 10.0. The van der Waals surface area contributed by atoms with Gasteiger partial charge in [0.2, 0.25) is 11.8 Å². The number of hydrogen-bond acceptors (Lipinski definition) is 7. The molecule has 1 aliphatic rings. The first-order valence-electron chi connectivity index (χ1n) is 10.5. The second kappa shape index (κ2) is 8.53. The lowest BCUT2D eigenvalue weighted by Gasteiger charge is -2.27. The molecule has 0 radical (unpaired) electrons. The van der Waals surface area contributed by atoms with Crippen molar-refractivity contribution in [1.82, 2.24) is 15.0 Å². The van der Waals surface area contributed by atoms with Gasteiger partial charge >= 0.3 is 12.2 Å². The molecular weight excluding hydrogens is 465 g/mol. The van der Waals surface area contributed by atoms with E-state index in [1.165, 1.54) is 32.2 Å². The topological polar surface area (TPSA) is 115 Å². The summed E-state index contributed by atoms with van der Waals surface area (Å²) in [6.07, 6.45) is -0.940. The second-order valence-electron chi connectivity index (χ2n) is 8.25. The number of amides is 3. The quantitative estimate of drug-likeness (QED) is 0.525. The molecule has 0 saturated carbocycles. The van der Waals surface area contributed by atoms with Gasteiger partial charge in [-0.05, 0) is 50.1 Å². The highest BCUT2D eigenvalue weighted by molar-refractivity contribution is 6.30. The number of rotatable bonds is 5. The van der Waals surface area contributed by atoms with Crippen LogP contribution >= 0.6 is 0 Å². The Morgan fingerprint density at radius 3 is 2.49 bits per heavy atom. The molecular formula is C23H21F3N6O3. The van der Waals surface area contributed by atoms with Crippen molar-refractivity contribution < 1.29 is 27.5 Å². The molecule has 2 aromatic heterocycles. The molecule has 1 saturated heterocycles. The third kappa shape index (κ3) is 4.34. The number of hydrogen-bond donors (Lipinski definition) is 1. The minimum Gasteiger partial charge on any atom is -0.439 e. The van der Waals surface area contributed by atoms with Crippen molar-refractivity contribution in [3.63, 3.8) is 0 Å². The fraction of sp³-hybridized carbons (Fsp3) is 0.261. The predicted octanol–water partition coefficient (Wildman–Crippen LogP) is 4.58. The number of nitrogen functional groups attached to an aromatic ring is 1. The molecule has 3 heterocycles. The zero-order valence-corrected chi connectivity index (χ0v) is 19.0. The monoisotopic (exact) mass is 486 g/mol. The van der Waals surface area contributed by atoms with E-state index in [0.717, 1.165) is 22.1 Å². The number of alkyl halides is 3. The molecule has 2 N–H and O–H groups in total. The molecule has 1 aromatic carbocycles. The van der Waals surface area contributed by atoms with Crippen LogP contribution in [-0.2, 0) is 17.4 Å². The smallest absolute Gasteiger partial charge is 0.417 e. The Kier molecular flexibility index (Phi) is 5.83. The summed E-state index contributed by atoms with van der Waals surface area (Å²) < 4.78 is 45.4. The number of imide groups is 1. The van der Waals surface area contributed by atoms with Gasteiger partial charge in [0, 0.05) is 18.5 Å². The van der Waals surface area contributed by atoms with Gasteiger partial charge in [-0.3, -0.25) is 14.7 Å². The van der Waals surface area contributed by atoms with Crippen molar-refractivity contribution in [2.45, 2.75) is 38.9 Å². The minimum atomic E-state index is -4.65. The number of halogens is 3. The van der Waals surface area contributed by atoms with Crippen molar-refractivity contribution in [2.24, 2.45) is 0 Å². The standard InChI is InChI=1S/C23H21F3N6O3/c1-4-13-9-15(5-6-17(13)35-18-7-8-29-20(27)30-18)31-19(33)22(2,3)32(21(31)34)16-10-14(11-28-12-16)23(24,25)26/h5-12H,4H2,1-3H3,(H2,27,29,30). The first kappa shape index (κ1) is 23.9. The van der Waals surface area contributed by atoms with E-state index < -0.39 is 29.2 Å². The van der Waals surface area contributed by atoms with Crippen LogP contribution in [0, 0.1) is 0 Å². The van der Waals surface area contributed by atoms with Crippen LogP contribution in [-0.4, -0.2) is 32.4 Å². The van der Waals surface area contributed by atoms with Crippen LogP contribution < -0.4 is 20.3 Å². The Labute approximate surface area is 198 Å². The highest BCUT2D eigenvalue weighted by atomic mass is 19.4. The van der Waals surface area contributed by atoms with Gasteiger partial charge < -0.3 is 10.5 Å². The maximum Gasteiger partial charge on any atom is 0.417 e. The summed E-state index contributed by atoms with van der Waals surface area (Å²) in [5.74, 6) is 0.0975. The molecule has 12 heteroatoms. The SMILES string of the molecule is CCc1cc(N2C(=O)N(c3cncc(C(F)(F)F)c3)C(C)(C)C2=O)ccc1Oc1ccnc(N)n1. The fourth-order valence-electron chi connectivity index (χ4n) is 3.77. The highest BCUT2D eigenvalue weighted by Gasteiger charge is 2.53. The Hall–Kier alpha value is -4.22. The molecule has 35 heavy (non-hydrogen) atoms. The summed E-state index contributed by atoms with van der Waals surface area (Å²) in [6.45, 7) is 4.79. The van der Waals surface area contributed by atoms with Crippen LogP contribution in [0.1, 0.15) is 31.9 Å². The van der Waals surface area contributed by atoms with Crippen molar-refractivity contribution >= 4 is 29.3 Å². The van der Waals surface area contributed by atoms with E-state index in [-0.39, 0.29) is 23.2 Å². The lowest BCUT2D eigenvalue weighted by Crippen LogP contribution is -2.44. The second-order valence-corrected chi connectivity index (χ2v) is 8.25. The number of carbonyl (C=O) groups is 2. The molecule has 0 bridgehead atoms. The molecule has 3 amide bonds. The molecule has 0 atom stereocenters. The zero-order chi connectivity index (χ0) is 25.5. The summed E-state index contributed by atoms with van der Waals surface area (Å²) in [4.78, 5) is 40.0. The summed E-state index contributed by atoms with van der Waals surface area (Å²) in [7, 11) is 0. The summed E-state index contributed by atoms with van der Waals surface area (Å²) in [5, 5.41) is 0. The lowest BCUT2D eigenvalue weighted by molar-refractivity contribution is -0.137. The van der Waals surface area contributed by atoms with Gasteiger partial charge in [0.05, 0.1) is 23.1 Å². The number of aryl methyl sites for hydroxylation is 1. The fourth-order valence-corrected chi connectivity index (χ4v) is 3.77. The van der Waals surface area contributed by atoms with Crippen molar-refractivity contribution in [1.29, 1.82) is 0 Å². The van der Waals surface area contributed by atoms with Crippen LogP contribution in [0.5, 0.6) is 11.6 Å². The zero-order valence-electron chi connectivity index (χ0n) is 19.0. The van der Waals surface area contributed by atoms with Gasteiger partial charge in [0.15, 0.2) is 0 Å². The molecule has 9 nitrogen and oxygen atoms in total. The Morgan fingerprint density at radius 1 is 1.09 bits per heavy atom. The van der Waals surface area contributed by atoms with Crippen molar-refractivity contribution in [3.05, 3.63) is 60.0 Å². The van der Waals surface area contributed by atoms with E-state index in [9.17, 15) is 22.8 Å². The maximum atomic E-state index is 13.4. The number of carbonyl (C=O) groups excluding carboxylic acids is 2. The molecule has 0 aliphatic carbocycles. The summed E-state index contributed by atoms with van der Waals surface area (Å²) in [6, 6.07) is 6.24. The number of benzene rings is 1. The van der Waals surface area contributed by atoms with E-state index in [2.05, 4.69) is 15.0 Å². The first-order valence-corrected chi connectivity index (χ1v) is 10.5. The largest absolute Gasteiger partial charge is 0.439 e. The Morgan fingerprint density at radius 2 is 1.83 bits per heavy atom. The average Bonchev–Trinajstić information content (AvgIpc) is 2.97. The van der Waals surface area contributed by atoms with Gasteiger partial charge in [-0.2, -0.15) is 18.2 Å². The van der Waals surface area contributed by atoms with Crippen molar-refractivity contribution in [3.8, 4) is 11.6 Å². The third-order valence-corrected chi connectivity index (χ3v) is 5.52. The molecule has 4 rings (SSSR count). The number of pyridine rings is 1. The summed E-state index contributed by atoms with van der Waals surface area (Å²) in [5.41, 5.74) is 3.89. The van der Waals surface area contributed by atoms with E-state index in [1.54, 1.807) is 12.1 Å². The van der Waals surface area contributed by atoms with E-state index in [4.69, 9.17) is 10.5 Å². The normalized spacial score (nSPS) is 15.6. The number of nitrogens with zero attached hydrogens (tertiary/aromatic N) is 5. The molecule has 3 aromatic rings. The van der Waals surface area contributed by atoms with Gasteiger partial charge in [-0.25, -0.2) is 14.7 Å². The van der Waals surface area contributed by atoms with Gasteiger partial charge in [0.1, 0.15) is 11.3 Å². The van der Waals surface area contributed by atoms with Gasteiger partial charge in [-0.15, -0.1) is 0 Å². The highest BCUT2D eigenvalue weighted by Crippen LogP contribution is 2.39. The molecule has 1 fully saturated rings. The maximum absolute atomic E-state index is 13.4. The number of anilines is 3. The molecule has 0 spiro atoms. The molecule has 182 valence electrons. The number of aromatic nitrogens is 3. The van der Waals surface area contributed by atoms with Crippen molar-refractivity contribution in [2.75, 3.05) is 15.5 Å². The average molecular weight is 486 g/mol. The number of nitrogens with two attached hydrogens (primary N) is 1. The number of ether oxygens (including phenoxy) is 1. The van der Waals surface area contributed by atoms with Gasteiger partial charge in [-0.1, -0.05) is 6.92 Å². The Bertz CT molecular complexity index is 1310. The van der Waals surface area contributed by atoms with E-state index in [0.29, 0.717) is 23.9 Å². The van der Waals surface area contributed by atoms with Gasteiger partial charge in [0.25, 0.3) is 5.91 Å². The summed E-state index contributed by atoms with van der Waals surface area (Å²) >= 11 is 0.